The highest BCUT2D eigenvalue weighted by molar-refractivity contribution is 5.95. The minimum absolute atomic E-state index is 0.0361. The standard InChI is InChI=1S/C26H27F3N4O2/c1-17-12-32(16-30-17)23-9-6-19(11-24(23)35-2)25(34)33-21-7-8-22(33)15-31(14-21)13-18-4-3-5-20(10-18)26(27,28)29/h3-6,9-12,16,21-22H,7-8,13-15H2,1-2H3. The number of imidazole rings is 1. The fourth-order valence-electron chi connectivity index (χ4n) is 5.28. The molecular weight excluding hydrogens is 457 g/mol. The van der Waals surface area contributed by atoms with E-state index in [1.54, 1.807) is 25.6 Å². The molecule has 35 heavy (non-hydrogen) atoms. The van der Waals surface area contributed by atoms with Gasteiger partial charge in [0.2, 0.25) is 0 Å². The third kappa shape index (κ3) is 4.65. The van der Waals surface area contributed by atoms with Crippen molar-refractivity contribution in [1.29, 1.82) is 0 Å². The molecule has 2 saturated heterocycles. The average molecular weight is 485 g/mol. The Morgan fingerprint density at radius 1 is 1.11 bits per heavy atom. The van der Waals surface area contributed by atoms with E-state index in [-0.39, 0.29) is 18.0 Å². The Morgan fingerprint density at radius 2 is 1.86 bits per heavy atom. The number of methoxy groups -OCH3 is 1. The molecule has 2 aliphatic heterocycles. The minimum atomic E-state index is -4.35. The Kier molecular flexibility index (Phi) is 6.04. The molecule has 2 fully saturated rings. The zero-order valence-electron chi connectivity index (χ0n) is 19.6. The molecule has 2 aromatic carbocycles. The van der Waals surface area contributed by atoms with Crippen LogP contribution in [0.4, 0.5) is 13.2 Å². The van der Waals surface area contributed by atoms with E-state index < -0.39 is 11.7 Å². The summed E-state index contributed by atoms with van der Waals surface area (Å²) in [4.78, 5) is 21.9. The fraction of sp³-hybridized carbons (Fsp3) is 0.385. The molecule has 1 amide bonds. The number of carbonyl (C=O) groups excluding carboxylic acids is 1. The predicted octanol–water partition coefficient (Wildman–Crippen LogP) is 4.70. The molecule has 6 nitrogen and oxygen atoms in total. The summed E-state index contributed by atoms with van der Waals surface area (Å²) in [6.07, 6.45) is 1.02. The molecular formula is C26H27F3N4O2. The number of piperazine rings is 1. The number of halogens is 3. The minimum Gasteiger partial charge on any atom is -0.495 e. The molecule has 0 spiro atoms. The third-order valence-corrected chi connectivity index (χ3v) is 6.87. The van der Waals surface area contributed by atoms with Crippen LogP contribution in [0.1, 0.15) is 40.0 Å². The summed E-state index contributed by atoms with van der Waals surface area (Å²) in [6.45, 7) is 3.62. The molecule has 1 aromatic heterocycles. The van der Waals surface area contributed by atoms with Gasteiger partial charge in [-0.05, 0) is 49.6 Å². The molecule has 0 N–H and O–H groups in total. The number of carbonyl (C=O) groups is 1. The van der Waals surface area contributed by atoms with Crippen LogP contribution in [0.25, 0.3) is 5.69 Å². The van der Waals surface area contributed by atoms with E-state index in [9.17, 15) is 18.0 Å². The highest BCUT2D eigenvalue weighted by atomic mass is 19.4. The highest BCUT2D eigenvalue weighted by Crippen LogP contribution is 2.34. The molecule has 2 bridgehead atoms. The number of amides is 1. The van der Waals surface area contributed by atoms with Gasteiger partial charge in [0.25, 0.3) is 5.91 Å². The number of aromatic nitrogens is 2. The number of ether oxygens (including phenoxy) is 1. The van der Waals surface area contributed by atoms with Crippen LogP contribution in [0.3, 0.4) is 0 Å². The van der Waals surface area contributed by atoms with Gasteiger partial charge in [-0.1, -0.05) is 18.2 Å². The SMILES string of the molecule is COc1cc(C(=O)N2C3CCC2CN(Cc2cccc(C(F)(F)F)c2)C3)ccc1-n1cnc(C)c1. The normalized spacial score (nSPS) is 20.3. The lowest BCUT2D eigenvalue weighted by molar-refractivity contribution is -0.137. The third-order valence-electron chi connectivity index (χ3n) is 6.87. The second-order valence-electron chi connectivity index (χ2n) is 9.30. The number of aryl methyl sites for hydroxylation is 1. The van der Waals surface area contributed by atoms with E-state index in [2.05, 4.69) is 9.88 Å². The van der Waals surface area contributed by atoms with Crippen molar-refractivity contribution in [3.05, 3.63) is 77.4 Å². The summed E-state index contributed by atoms with van der Waals surface area (Å²) in [5, 5.41) is 0. The maximum Gasteiger partial charge on any atom is 0.416 e. The number of fused-ring (bicyclic) bond motifs is 2. The van der Waals surface area contributed by atoms with Crippen LogP contribution in [0.2, 0.25) is 0 Å². The van der Waals surface area contributed by atoms with Crippen molar-refractivity contribution in [2.45, 2.75) is 44.6 Å². The van der Waals surface area contributed by atoms with Gasteiger partial charge in [0, 0.05) is 43.5 Å². The first-order valence-corrected chi connectivity index (χ1v) is 11.6. The Morgan fingerprint density at radius 3 is 2.49 bits per heavy atom. The Bertz CT molecular complexity index is 1230. The van der Waals surface area contributed by atoms with Crippen LogP contribution in [0.15, 0.2) is 55.0 Å². The number of rotatable bonds is 5. The topological polar surface area (TPSA) is 50.6 Å². The number of hydrogen-bond acceptors (Lipinski definition) is 4. The monoisotopic (exact) mass is 484 g/mol. The highest BCUT2D eigenvalue weighted by Gasteiger charge is 2.43. The molecule has 2 unspecified atom stereocenters. The predicted molar refractivity (Wildman–Crippen MR) is 125 cm³/mol. The molecule has 3 aromatic rings. The molecule has 3 heterocycles. The lowest BCUT2D eigenvalue weighted by Crippen LogP contribution is -2.55. The molecule has 2 atom stereocenters. The number of likely N-dealkylation sites (tertiary alicyclic amines) is 1. The molecule has 0 aliphatic carbocycles. The summed E-state index contributed by atoms with van der Waals surface area (Å²) in [6, 6.07) is 11.0. The molecule has 5 rings (SSSR count). The van der Waals surface area contributed by atoms with Crippen molar-refractivity contribution in [2.75, 3.05) is 20.2 Å². The Balaban J connectivity index is 1.31. The van der Waals surface area contributed by atoms with E-state index in [0.717, 1.165) is 30.3 Å². The summed E-state index contributed by atoms with van der Waals surface area (Å²) in [5.74, 6) is 0.548. The number of nitrogens with zero attached hydrogens (tertiary/aromatic N) is 4. The zero-order valence-corrected chi connectivity index (χ0v) is 19.6. The van der Waals surface area contributed by atoms with Gasteiger partial charge in [0.1, 0.15) is 5.75 Å². The first kappa shape index (κ1) is 23.4. The van der Waals surface area contributed by atoms with Crippen LogP contribution in [-0.2, 0) is 12.7 Å². The van der Waals surface area contributed by atoms with Crippen molar-refractivity contribution < 1.29 is 22.7 Å². The fourth-order valence-corrected chi connectivity index (χ4v) is 5.28. The second kappa shape index (κ2) is 9.03. The van der Waals surface area contributed by atoms with Crippen LogP contribution in [0.5, 0.6) is 5.75 Å². The summed E-state index contributed by atoms with van der Waals surface area (Å²) in [7, 11) is 1.58. The number of hydrogen-bond donors (Lipinski definition) is 0. The van der Waals surface area contributed by atoms with Gasteiger partial charge in [-0.2, -0.15) is 13.2 Å². The van der Waals surface area contributed by atoms with Gasteiger partial charge < -0.3 is 14.2 Å². The van der Waals surface area contributed by atoms with Gasteiger partial charge in [0.05, 0.1) is 30.4 Å². The van der Waals surface area contributed by atoms with Crippen molar-refractivity contribution in [2.24, 2.45) is 0 Å². The molecule has 184 valence electrons. The van der Waals surface area contributed by atoms with Gasteiger partial charge in [-0.3, -0.25) is 9.69 Å². The molecule has 9 heteroatoms. The maximum atomic E-state index is 13.5. The van der Waals surface area contributed by atoms with E-state index >= 15 is 0 Å². The van der Waals surface area contributed by atoms with Crippen LogP contribution < -0.4 is 4.74 Å². The molecule has 0 radical (unpaired) electrons. The van der Waals surface area contributed by atoms with Crippen LogP contribution in [-0.4, -0.2) is 57.5 Å². The summed E-state index contributed by atoms with van der Waals surface area (Å²) in [5.41, 5.74) is 2.25. The number of alkyl halides is 3. The largest absolute Gasteiger partial charge is 0.495 e. The van der Waals surface area contributed by atoms with Crippen molar-refractivity contribution in [1.82, 2.24) is 19.4 Å². The lowest BCUT2D eigenvalue weighted by atomic mass is 10.1. The average Bonchev–Trinajstić information content (AvgIpc) is 3.38. The van der Waals surface area contributed by atoms with Crippen molar-refractivity contribution in [3.63, 3.8) is 0 Å². The quantitative estimate of drug-likeness (QED) is 0.527. The van der Waals surface area contributed by atoms with E-state index in [4.69, 9.17) is 4.74 Å². The van der Waals surface area contributed by atoms with Crippen molar-refractivity contribution >= 4 is 5.91 Å². The molecule has 2 aliphatic rings. The van der Waals surface area contributed by atoms with Crippen molar-refractivity contribution in [3.8, 4) is 11.4 Å². The van der Waals surface area contributed by atoms with Gasteiger partial charge in [-0.15, -0.1) is 0 Å². The Hall–Kier alpha value is -3.33. The first-order valence-electron chi connectivity index (χ1n) is 11.6. The van der Waals surface area contributed by atoms with Gasteiger partial charge in [-0.25, -0.2) is 4.98 Å². The maximum absolute atomic E-state index is 13.5. The van der Waals surface area contributed by atoms with Crippen LogP contribution in [0, 0.1) is 6.92 Å². The lowest BCUT2D eigenvalue weighted by Gasteiger charge is -2.41. The van der Waals surface area contributed by atoms with Crippen LogP contribution >= 0.6 is 0 Å². The molecule has 0 saturated carbocycles. The van der Waals surface area contributed by atoms with E-state index in [1.165, 1.54) is 12.1 Å². The zero-order chi connectivity index (χ0) is 24.7. The van der Waals surface area contributed by atoms with Gasteiger partial charge >= 0.3 is 6.18 Å². The number of benzene rings is 2. The summed E-state index contributed by atoms with van der Waals surface area (Å²) >= 11 is 0. The second-order valence-corrected chi connectivity index (χ2v) is 9.30. The van der Waals surface area contributed by atoms with E-state index in [0.29, 0.717) is 36.5 Å². The van der Waals surface area contributed by atoms with Gasteiger partial charge in [0.15, 0.2) is 0 Å². The van der Waals surface area contributed by atoms with E-state index in [1.807, 2.05) is 34.7 Å². The first-order chi connectivity index (χ1) is 16.7. The Labute approximate surface area is 201 Å². The smallest absolute Gasteiger partial charge is 0.416 e. The summed E-state index contributed by atoms with van der Waals surface area (Å²) < 4.78 is 46.7.